The molecule has 0 aromatic carbocycles. The summed E-state index contributed by atoms with van der Waals surface area (Å²) in [6.45, 7) is 3.84. The van der Waals surface area contributed by atoms with E-state index in [1.165, 1.54) is 12.7 Å². The van der Waals surface area contributed by atoms with E-state index in [4.69, 9.17) is 9.72 Å². The molecule has 0 aliphatic carbocycles. The molecule has 0 spiro atoms. The third-order valence-electron chi connectivity index (χ3n) is 6.35. The predicted octanol–water partition coefficient (Wildman–Crippen LogP) is 3.12. The van der Waals surface area contributed by atoms with Crippen LogP contribution in [0, 0.1) is 0 Å². The minimum Gasteiger partial charge on any atom is -0.481 e. The summed E-state index contributed by atoms with van der Waals surface area (Å²) < 4.78 is 5.09. The summed E-state index contributed by atoms with van der Waals surface area (Å²) >= 11 is 0. The number of carboxylic acid groups (broad SMARTS) is 1. The number of anilines is 1. The fourth-order valence-electron chi connectivity index (χ4n) is 4.50. The Balaban J connectivity index is 1.36. The van der Waals surface area contributed by atoms with Crippen LogP contribution in [0.2, 0.25) is 0 Å². The number of aryl methyl sites for hydroxylation is 2. The first-order chi connectivity index (χ1) is 15.9. The van der Waals surface area contributed by atoms with Gasteiger partial charge in [0.25, 0.3) is 0 Å². The van der Waals surface area contributed by atoms with Crippen LogP contribution in [0.5, 0.6) is 5.88 Å². The maximum atomic E-state index is 13.1. The van der Waals surface area contributed by atoms with Crippen molar-refractivity contribution in [2.24, 2.45) is 0 Å². The van der Waals surface area contributed by atoms with Crippen molar-refractivity contribution in [3.63, 3.8) is 0 Å². The standard InChI is InChI=1S/C24H31N5O4/c1-16-5-6-17-7-9-19(27-23(17)26-16)4-3-11-28-12-13-29(24(28)32)20(14-22(30)31)18-8-10-21(33-2)25-15-18/h7-10,15-16,20H,3-6,11-14H2,1-2H3,(H,26,27)(H,30,31)/t16?,20-/m0/s1. The number of nitrogens with one attached hydrogen (secondary N) is 1. The van der Waals surface area contributed by atoms with Crippen LogP contribution in [-0.2, 0) is 17.6 Å². The Morgan fingerprint density at radius 1 is 1.30 bits per heavy atom. The van der Waals surface area contributed by atoms with Crippen molar-refractivity contribution in [2.45, 2.75) is 51.1 Å². The monoisotopic (exact) mass is 453 g/mol. The number of methoxy groups -OCH3 is 1. The Kier molecular flexibility index (Phi) is 6.96. The van der Waals surface area contributed by atoms with Crippen LogP contribution in [0.25, 0.3) is 0 Å². The zero-order valence-corrected chi connectivity index (χ0v) is 19.2. The highest BCUT2D eigenvalue weighted by Gasteiger charge is 2.35. The molecule has 0 bridgehead atoms. The Hall–Kier alpha value is -3.36. The van der Waals surface area contributed by atoms with Gasteiger partial charge in [0.05, 0.1) is 19.6 Å². The Labute approximate surface area is 193 Å². The summed E-state index contributed by atoms with van der Waals surface area (Å²) in [6.07, 6.45) is 5.17. The normalized spacial score (nSPS) is 18.6. The van der Waals surface area contributed by atoms with E-state index in [2.05, 4.69) is 29.4 Å². The number of amides is 2. The molecule has 2 aromatic heterocycles. The Morgan fingerprint density at radius 2 is 2.15 bits per heavy atom. The molecule has 9 heteroatoms. The average Bonchev–Trinajstić information content (AvgIpc) is 3.17. The number of hydrogen-bond acceptors (Lipinski definition) is 6. The summed E-state index contributed by atoms with van der Waals surface area (Å²) in [5.41, 5.74) is 2.97. The van der Waals surface area contributed by atoms with Crippen molar-refractivity contribution < 1.29 is 19.4 Å². The first kappa shape index (κ1) is 22.8. The molecule has 2 atom stereocenters. The van der Waals surface area contributed by atoms with Crippen molar-refractivity contribution in [3.05, 3.63) is 47.3 Å². The van der Waals surface area contributed by atoms with Gasteiger partial charge in [-0.25, -0.2) is 14.8 Å². The molecule has 1 saturated heterocycles. The van der Waals surface area contributed by atoms with Crippen LogP contribution in [0.4, 0.5) is 10.6 Å². The van der Waals surface area contributed by atoms with Gasteiger partial charge in [-0.1, -0.05) is 12.1 Å². The highest BCUT2D eigenvalue weighted by molar-refractivity contribution is 5.78. The van der Waals surface area contributed by atoms with Gasteiger partial charge < -0.3 is 25.0 Å². The fraction of sp³-hybridized carbons (Fsp3) is 0.500. The smallest absolute Gasteiger partial charge is 0.320 e. The van der Waals surface area contributed by atoms with E-state index in [0.717, 1.165) is 37.2 Å². The van der Waals surface area contributed by atoms with Crippen molar-refractivity contribution in [1.82, 2.24) is 19.8 Å². The van der Waals surface area contributed by atoms with Crippen LogP contribution >= 0.6 is 0 Å². The molecule has 1 fully saturated rings. The molecule has 4 heterocycles. The molecule has 2 amide bonds. The number of carbonyl (C=O) groups is 2. The van der Waals surface area contributed by atoms with E-state index >= 15 is 0 Å². The van der Waals surface area contributed by atoms with Gasteiger partial charge in [-0.05, 0) is 49.8 Å². The Bertz CT molecular complexity index is 997. The fourth-order valence-corrected chi connectivity index (χ4v) is 4.50. The van der Waals surface area contributed by atoms with Crippen LogP contribution in [0.15, 0.2) is 30.5 Å². The van der Waals surface area contributed by atoms with Crippen molar-refractivity contribution in [1.29, 1.82) is 0 Å². The largest absolute Gasteiger partial charge is 0.481 e. The molecule has 33 heavy (non-hydrogen) atoms. The van der Waals surface area contributed by atoms with Crippen LogP contribution < -0.4 is 10.1 Å². The van der Waals surface area contributed by atoms with Crippen molar-refractivity contribution in [2.75, 3.05) is 32.1 Å². The summed E-state index contributed by atoms with van der Waals surface area (Å²) in [5, 5.41) is 12.9. The number of carbonyl (C=O) groups excluding carboxylic acids is 1. The third kappa shape index (κ3) is 5.35. The number of aliphatic carboxylic acids is 1. The van der Waals surface area contributed by atoms with Gasteiger partial charge in [0, 0.05) is 43.6 Å². The molecule has 9 nitrogen and oxygen atoms in total. The van der Waals surface area contributed by atoms with Gasteiger partial charge in [-0.2, -0.15) is 0 Å². The average molecular weight is 454 g/mol. The van der Waals surface area contributed by atoms with E-state index in [1.54, 1.807) is 28.1 Å². The molecular formula is C24H31N5O4. The SMILES string of the molecule is COc1ccc([C@H](CC(=O)O)N2CCN(CCCc3ccc4c(n3)NC(C)CC4)C2=O)cn1. The first-order valence-corrected chi connectivity index (χ1v) is 11.5. The molecule has 0 saturated carbocycles. The lowest BCUT2D eigenvalue weighted by Gasteiger charge is -2.27. The number of ether oxygens (including phenoxy) is 1. The zero-order valence-electron chi connectivity index (χ0n) is 19.2. The van der Waals surface area contributed by atoms with Gasteiger partial charge in [0.2, 0.25) is 5.88 Å². The van der Waals surface area contributed by atoms with E-state index < -0.39 is 12.0 Å². The summed E-state index contributed by atoms with van der Waals surface area (Å²) in [5.74, 6) is 0.477. The lowest BCUT2D eigenvalue weighted by atomic mass is 10.0. The first-order valence-electron chi connectivity index (χ1n) is 11.5. The van der Waals surface area contributed by atoms with Crippen LogP contribution in [0.3, 0.4) is 0 Å². The minimum absolute atomic E-state index is 0.133. The quantitative estimate of drug-likeness (QED) is 0.601. The minimum atomic E-state index is -0.955. The second-order valence-corrected chi connectivity index (χ2v) is 8.71. The van der Waals surface area contributed by atoms with Gasteiger partial charge in [-0.3, -0.25) is 4.79 Å². The number of aromatic nitrogens is 2. The second kappa shape index (κ2) is 10.1. The molecular weight excluding hydrogens is 422 g/mol. The summed E-state index contributed by atoms with van der Waals surface area (Å²) in [6, 6.07) is 7.43. The second-order valence-electron chi connectivity index (χ2n) is 8.71. The van der Waals surface area contributed by atoms with Gasteiger partial charge in [0.15, 0.2) is 0 Å². The predicted molar refractivity (Wildman–Crippen MR) is 123 cm³/mol. The van der Waals surface area contributed by atoms with Gasteiger partial charge >= 0.3 is 12.0 Å². The number of carboxylic acids is 1. The molecule has 2 N–H and O–H groups in total. The van der Waals surface area contributed by atoms with Gasteiger partial charge in [-0.15, -0.1) is 0 Å². The lowest BCUT2D eigenvalue weighted by molar-refractivity contribution is -0.138. The molecule has 1 unspecified atom stereocenters. The number of urea groups is 1. The molecule has 4 rings (SSSR count). The Morgan fingerprint density at radius 3 is 2.88 bits per heavy atom. The number of pyridine rings is 2. The summed E-state index contributed by atoms with van der Waals surface area (Å²) in [4.78, 5) is 37.0. The molecule has 0 radical (unpaired) electrons. The van der Waals surface area contributed by atoms with Crippen molar-refractivity contribution >= 4 is 17.8 Å². The number of fused-ring (bicyclic) bond motifs is 1. The molecule has 2 aromatic rings. The lowest BCUT2D eigenvalue weighted by Crippen LogP contribution is -2.36. The zero-order chi connectivity index (χ0) is 23.4. The van der Waals surface area contributed by atoms with Crippen LogP contribution in [-0.4, -0.2) is 69.7 Å². The molecule has 176 valence electrons. The highest BCUT2D eigenvalue weighted by atomic mass is 16.5. The molecule has 2 aliphatic heterocycles. The van der Waals surface area contributed by atoms with E-state index in [1.807, 2.05) is 0 Å². The number of hydrogen-bond donors (Lipinski definition) is 2. The summed E-state index contributed by atoms with van der Waals surface area (Å²) in [7, 11) is 1.52. The van der Waals surface area contributed by atoms with Crippen LogP contribution in [0.1, 0.15) is 49.0 Å². The maximum absolute atomic E-state index is 13.1. The third-order valence-corrected chi connectivity index (χ3v) is 6.35. The van der Waals surface area contributed by atoms with E-state index in [-0.39, 0.29) is 12.5 Å². The van der Waals surface area contributed by atoms with E-state index in [9.17, 15) is 14.7 Å². The maximum Gasteiger partial charge on any atom is 0.320 e. The molecule has 2 aliphatic rings. The van der Waals surface area contributed by atoms with E-state index in [0.29, 0.717) is 37.1 Å². The number of rotatable bonds is 9. The van der Waals surface area contributed by atoms with Crippen molar-refractivity contribution in [3.8, 4) is 5.88 Å². The topological polar surface area (TPSA) is 108 Å². The number of nitrogens with zero attached hydrogens (tertiary/aromatic N) is 4. The highest BCUT2D eigenvalue weighted by Crippen LogP contribution is 2.29. The van der Waals surface area contributed by atoms with Gasteiger partial charge in [0.1, 0.15) is 5.82 Å².